The van der Waals surface area contributed by atoms with Crippen LogP contribution < -0.4 is 0 Å². The molecule has 0 aromatic rings. The van der Waals surface area contributed by atoms with Gasteiger partial charge >= 0.3 is 0 Å². The Morgan fingerprint density at radius 1 is 1.07 bits per heavy atom. The van der Waals surface area contributed by atoms with E-state index in [1.807, 2.05) is 13.8 Å². The van der Waals surface area contributed by atoms with Gasteiger partial charge in [-0.05, 0) is 95.8 Å². The van der Waals surface area contributed by atoms with E-state index in [0.29, 0.717) is 11.8 Å². The molecule has 3 heteroatoms. The average Bonchev–Trinajstić information content (AvgIpc) is 2.93. The van der Waals surface area contributed by atoms with Crippen LogP contribution in [0.15, 0.2) is 23.3 Å². The Morgan fingerprint density at radius 2 is 1.78 bits per heavy atom. The minimum absolute atomic E-state index is 0.379. The fourth-order valence-electron chi connectivity index (χ4n) is 5.82. The average molecular weight is 377 g/mol. The molecule has 0 aliphatic heterocycles. The molecule has 2 unspecified atom stereocenters. The van der Waals surface area contributed by atoms with E-state index in [0.717, 1.165) is 31.6 Å². The molecular formula is C24H40O3. The van der Waals surface area contributed by atoms with Crippen molar-refractivity contribution < 1.29 is 15.3 Å². The van der Waals surface area contributed by atoms with Crippen molar-refractivity contribution in [1.29, 1.82) is 0 Å². The third-order valence-corrected chi connectivity index (χ3v) is 7.11. The van der Waals surface area contributed by atoms with Crippen LogP contribution in [-0.4, -0.2) is 33.1 Å². The Balaban J connectivity index is 1.53. The fourth-order valence-corrected chi connectivity index (χ4v) is 5.82. The van der Waals surface area contributed by atoms with Gasteiger partial charge < -0.3 is 15.3 Å². The molecule has 0 amide bonds. The minimum atomic E-state index is -0.523. The summed E-state index contributed by atoms with van der Waals surface area (Å²) in [4.78, 5) is 0. The molecule has 4 atom stereocenters. The van der Waals surface area contributed by atoms with Crippen LogP contribution in [0.2, 0.25) is 0 Å². The summed E-state index contributed by atoms with van der Waals surface area (Å²) in [6.45, 7) is 3.83. The largest absolute Gasteiger partial charge is 0.393 e. The van der Waals surface area contributed by atoms with E-state index in [1.54, 1.807) is 5.57 Å². The molecule has 0 radical (unpaired) electrons. The van der Waals surface area contributed by atoms with E-state index in [9.17, 15) is 15.3 Å². The highest BCUT2D eigenvalue weighted by Crippen LogP contribution is 2.53. The summed E-state index contributed by atoms with van der Waals surface area (Å²) in [6, 6.07) is 0. The highest BCUT2D eigenvalue weighted by Gasteiger charge is 2.40. The van der Waals surface area contributed by atoms with Gasteiger partial charge in [-0.15, -0.1) is 0 Å². The Kier molecular flexibility index (Phi) is 6.87. The molecular weight excluding hydrogens is 336 g/mol. The first-order valence-electron chi connectivity index (χ1n) is 11.2. The smallest absolute Gasteiger partial charge is 0.0602 e. The Labute approximate surface area is 165 Å². The van der Waals surface area contributed by atoms with Gasteiger partial charge in [0.25, 0.3) is 0 Å². The molecule has 0 aromatic carbocycles. The predicted octanol–water partition coefficient (Wildman–Crippen LogP) is 5.05. The van der Waals surface area contributed by atoms with Crippen LogP contribution >= 0.6 is 0 Å². The zero-order valence-electron chi connectivity index (χ0n) is 17.4. The normalized spacial score (nSPS) is 36.6. The summed E-state index contributed by atoms with van der Waals surface area (Å²) in [5.74, 6) is 0.841. The second-order valence-corrected chi connectivity index (χ2v) is 10.4. The molecule has 3 saturated carbocycles. The maximum atomic E-state index is 9.92. The van der Waals surface area contributed by atoms with E-state index in [1.165, 1.54) is 56.9 Å². The lowest BCUT2D eigenvalue weighted by Crippen LogP contribution is -2.24. The summed E-state index contributed by atoms with van der Waals surface area (Å²) in [7, 11) is 0. The molecule has 3 aliphatic carbocycles. The van der Waals surface area contributed by atoms with Crippen molar-refractivity contribution in [3.05, 3.63) is 23.3 Å². The number of aliphatic hydroxyl groups is 3. The minimum Gasteiger partial charge on any atom is -0.393 e. The van der Waals surface area contributed by atoms with Crippen molar-refractivity contribution in [2.75, 3.05) is 0 Å². The topological polar surface area (TPSA) is 60.7 Å². The monoisotopic (exact) mass is 376 g/mol. The molecule has 3 fully saturated rings. The summed E-state index contributed by atoms with van der Waals surface area (Å²) in [5, 5.41) is 29.7. The van der Waals surface area contributed by atoms with Crippen LogP contribution in [0.25, 0.3) is 0 Å². The molecule has 0 aromatic heterocycles. The van der Waals surface area contributed by atoms with Gasteiger partial charge in [-0.2, -0.15) is 0 Å². The molecule has 3 rings (SSSR count). The summed E-state index contributed by atoms with van der Waals surface area (Å²) in [5.41, 5.74) is 2.77. The number of aliphatic hydroxyl groups excluding tert-OH is 2. The first kappa shape index (κ1) is 21.1. The molecule has 154 valence electrons. The van der Waals surface area contributed by atoms with Crippen LogP contribution in [0.4, 0.5) is 0 Å². The van der Waals surface area contributed by atoms with Crippen LogP contribution in [0.3, 0.4) is 0 Å². The first-order chi connectivity index (χ1) is 12.7. The molecule has 1 spiro atoms. The van der Waals surface area contributed by atoms with E-state index >= 15 is 0 Å². The first-order valence-corrected chi connectivity index (χ1v) is 11.2. The van der Waals surface area contributed by atoms with Crippen molar-refractivity contribution in [2.45, 2.75) is 115 Å². The van der Waals surface area contributed by atoms with Crippen molar-refractivity contribution in [2.24, 2.45) is 11.3 Å². The van der Waals surface area contributed by atoms with Gasteiger partial charge in [0, 0.05) is 0 Å². The van der Waals surface area contributed by atoms with Gasteiger partial charge in [-0.1, -0.05) is 36.1 Å². The molecule has 0 bridgehead atoms. The van der Waals surface area contributed by atoms with Gasteiger partial charge in [0.1, 0.15) is 0 Å². The highest BCUT2D eigenvalue weighted by molar-refractivity contribution is 5.22. The summed E-state index contributed by atoms with van der Waals surface area (Å²) >= 11 is 0. The second-order valence-electron chi connectivity index (χ2n) is 10.4. The maximum Gasteiger partial charge on any atom is 0.0602 e. The number of rotatable bonds is 5. The Morgan fingerprint density at radius 3 is 2.48 bits per heavy atom. The lowest BCUT2D eigenvalue weighted by atomic mass is 9.70. The van der Waals surface area contributed by atoms with Crippen molar-refractivity contribution >= 4 is 0 Å². The van der Waals surface area contributed by atoms with Crippen LogP contribution in [0, 0.1) is 11.3 Å². The molecule has 0 heterocycles. The van der Waals surface area contributed by atoms with Crippen molar-refractivity contribution in [1.82, 2.24) is 0 Å². The molecule has 3 aliphatic rings. The number of hydrogen-bond acceptors (Lipinski definition) is 3. The van der Waals surface area contributed by atoms with Crippen molar-refractivity contribution in [3.8, 4) is 0 Å². The lowest BCUT2D eigenvalue weighted by Gasteiger charge is -2.35. The molecule has 0 saturated heterocycles. The molecule has 27 heavy (non-hydrogen) atoms. The summed E-state index contributed by atoms with van der Waals surface area (Å²) < 4.78 is 0. The van der Waals surface area contributed by atoms with E-state index < -0.39 is 5.60 Å². The third-order valence-electron chi connectivity index (χ3n) is 7.11. The highest BCUT2D eigenvalue weighted by atomic mass is 16.3. The summed E-state index contributed by atoms with van der Waals surface area (Å²) in [6.07, 6.45) is 18.2. The van der Waals surface area contributed by atoms with Gasteiger partial charge in [0.05, 0.1) is 17.8 Å². The number of allylic oxidation sites excluding steroid dienone is 3. The van der Waals surface area contributed by atoms with Gasteiger partial charge in [0.15, 0.2) is 0 Å². The quantitative estimate of drug-likeness (QED) is 0.629. The predicted molar refractivity (Wildman–Crippen MR) is 110 cm³/mol. The zero-order valence-corrected chi connectivity index (χ0v) is 17.4. The third kappa shape index (κ3) is 6.44. The van der Waals surface area contributed by atoms with Crippen molar-refractivity contribution in [3.63, 3.8) is 0 Å². The Hall–Kier alpha value is -0.640. The van der Waals surface area contributed by atoms with Crippen LogP contribution in [0.1, 0.15) is 97.3 Å². The van der Waals surface area contributed by atoms with Gasteiger partial charge in [0.2, 0.25) is 0 Å². The SMILES string of the molecule is CC(C)(O)CCCC1CCC2(CCCC(=CC=C3C[C@@H](O)C[C@H](O)C3)C2)C1. The standard InChI is InChI=1S/C24H40O3/c1-23(2,27)10-3-5-19-9-12-24(17-19)11-4-6-18(16-24)7-8-20-13-21(25)15-22(26)14-20/h7-8,19,21-22,25-27H,3-6,9-17H2,1-2H3/t19?,21-,22-,24?/m1/s1. The van der Waals surface area contributed by atoms with E-state index in [-0.39, 0.29) is 12.2 Å². The van der Waals surface area contributed by atoms with Gasteiger partial charge in [-0.25, -0.2) is 0 Å². The van der Waals surface area contributed by atoms with Gasteiger partial charge in [-0.3, -0.25) is 0 Å². The van der Waals surface area contributed by atoms with E-state index in [4.69, 9.17) is 0 Å². The molecule has 3 nitrogen and oxygen atoms in total. The Bertz CT molecular complexity index is 544. The molecule has 3 N–H and O–H groups in total. The lowest BCUT2D eigenvalue weighted by molar-refractivity contribution is 0.0608. The van der Waals surface area contributed by atoms with Crippen LogP contribution in [0.5, 0.6) is 0 Å². The van der Waals surface area contributed by atoms with Crippen LogP contribution in [-0.2, 0) is 0 Å². The maximum absolute atomic E-state index is 9.92. The number of hydrogen-bond donors (Lipinski definition) is 3. The van der Waals surface area contributed by atoms with E-state index in [2.05, 4.69) is 12.2 Å². The second kappa shape index (κ2) is 8.80. The zero-order chi connectivity index (χ0) is 19.5. The fraction of sp³-hybridized carbons (Fsp3) is 0.833.